The minimum absolute atomic E-state index is 0.174. The van der Waals surface area contributed by atoms with Crippen molar-refractivity contribution in [2.24, 2.45) is 0 Å². The second-order valence-electron chi connectivity index (χ2n) is 8.81. The van der Waals surface area contributed by atoms with Gasteiger partial charge in [0.1, 0.15) is 5.82 Å². The van der Waals surface area contributed by atoms with Crippen molar-refractivity contribution in [2.45, 2.75) is 25.2 Å². The summed E-state index contributed by atoms with van der Waals surface area (Å²) in [6.45, 7) is 0.926. The molecule has 0 fully saturated rings. The van der Waals surface area contributed by atoms with Gasteiger partial charge in [0.15, 0.2) is 0 Å². The summed E-state index contributed by atoms with van der Waals surface area (Å²) in [4.78, 5) is 7.01. The molecular weight excluding hydrogens is 411 g/mol. The third-order valence-corrected chi connectivity index (χ3v) is 6.19. The number of methoxy groups -OCH3 is 1. The number of aromatic nitrogens is 1. The van der Waals surface area contributed by atoms with Gasteiger partial charge < -0.3 is 9.64 Å². The van der Waals surface area contributed by atoms with Crippen molar-refractivity contribution in [3.63, 3.8) is 0 Å². The van der Waals surface area contributed by atoms with Crippen molar-refractivity contribution in [3.8, 4) is 5.88 Å². The van der Waals surface area contributed by atoms with Crippen molar-refractivity contribution < 1.29 is 9.13 Å². The van der Waals surface area contributed by atoms with Gasteiger partial charge in [0.2, 0.25) is 5.88 Å². The predicted molar refractivity (Wildman–Crippen MR) is 134 cm³/mol. The summed E-state index contributed by atoms with van der Waals surface area (Å²) in [5.74, 6) is 0.648. The molecule has 0 radical (unpaired) electrons. The standard InChI is InChI=1S/C29H31FN2O/c1-32(2)17-16-23(22-12-9-13-24(30)19-22)20-26-25-14-7-8-15-28(25)31-29(33-3)27(26)18-21-10-5-4-6-11-21/h4-15,19,23H,16-18,20H2,1-3H3. The quantitative estimate of drug-likeness (QED) is 0.306. The van der Waals surface area contributed by atoms with E-state index >= 15 is 0 Å². The molecule has 0 spiro atoms. The van der Waals surface area contributed by atoms with Gasteiger partial charge >= 0.3 is 0 Å². The van der Waals surface area contributed by atoms with E-state index in [-0.39, 0.29) is 11.7 Å². The summed E-state index contributed by atoms with van der Waals surface area (Å²) in [5.41, 5.74) is 5.50. The summed E-state index contributed by atoms with van der Waals surface area (Å²) in [5, 5.41) is 1.13. The van der Waals surface area contributed by atoms with E-state index in [9.17, 15) is 4.39 Å². The summed E-state index contributed by atoms with van der Waals surface area (Å²) in [6.07, 6.45) is 2.46. The van der Waals surface area contributed by atoms with Crippen molar-refractivity contribution in [3.05, 3.63) is 107 Å². The van der Waals surface area contributed by atoms with Crippen LogP contribution in [0.3, 0.4) is 0 Å². The fraction of sp³-hybridized carbons (Fsp3) is 0.276. The first kappa shape index (κ1) is 22.9. The first-order chi connectivity index (χ1) is 16.0. The molecule has 0 saturated heterocycles. The first-order valence-corrected chi connectivity index (χ1v) is 11.4. The lowest BCUT2D eigenvalue weighted by molar-refractivity contribution is 0.378. The molecule has 0 aliphatic heterocycles. The minimum Gasteiger partial charge on any atom is -0.481 e. The van der Waals surface area contributed by atoms with Gasteiger partial charge in [-0.05, 0) is 74.3 Å². The van der Waals surface area contributed by atoms with Crippen LogP contribution in [0.15, 0.2) is 78.9 Å². The molecule has 1 unspecified atom stereocenters. The third kappa shape index (κ3) is 5.58. The molecule has 1 atom stereocenters. The Labute approximate surface area is 195 Å². The molecule has 0 aliphatic rings. The molecule has 4 rings (SSSR count). The molecule has 1 aromatic heterocycles. The molecule has 0 bridgehead atoms. The second kappa shape index (κ2) is 10.6. The highest BCUT2D eigenvalue weighted by Crippen LogP contribution is 2.35. The lowest BCUT2D eigenvalue weighted by Gasteiger charge is -2.23. The van der Waals surface area contributed by atoms with Gasteiger partial charge in [-0.2, -0.15) is 0 Å². The number of hydrogen-bond acceptors (Lipinski definition) is 3. The maximum absolute atomic E-state index is 14.2. The van der Waals surface area contributed by atoms with Gasteiger partial charge in [0.25, 0.3) is 0 Å². The Morgan fingerprint density at radius 1 is 0.909 bits per heavy atom. The average Bonchev–Trinajstić information content (AvgIpc) is 2.83. The van der Waals surface area contributed by atoms with Crippen LogP contribution in [0.5, 0.6) is 5.88 Å². The molecule has 1 heterocycles. The number of benzene rings is 3. The van der Waals surface area contributed by atoms with Crippen molar-refractivity contribution in [2.75, 3.05) is 27.7 Å². The van der Waals surface area contributed by atoms with Crippen molar-refractivity contribution in [1.29, 1.82) is 0 Å². The normalized spacial score (nSPS) is 12.3. The Kier molecular flexibility index (Phi) is 7.36. The van der Waals surface area contributed by atoms with Crippen LogP contribution in [0.4, 0.5) is 4.39 Å². The van der Waals surface area contributed by atoms with Crippen LogP contribution in [-0.4, -0.2) is 37.6 Å². The summed E-state index contributed by atoms with van der Waals surface area (Å²) >= 11 is 0. The van der Waals surface area contributed by atoms with E-state index in [0.717, 1.165) is 47.8 Å². The van der Waals surface area contributed by atoms with Gasteiger partial charge in [0.05, 0.1) is 12.6 Å². The van der Waals surface area contributed by atoms with Gasteiger partial charge in [-0.1, -0.05) is 60.7 Å². The first-order valence-electron chi connectivity index (χ1n) is 11.4. The SMILES string of the molecule is COc1nc2ccccc2c(CC(CCN(C)C)c2cccc(F)c2)c1Cc1ccccc1. The molecule has 3 nitrogen and oxygen atoms in total. The lowest BCUT2D eigenvalue weighted by atomic mass is 9.85. The molecule has 4 aromatic rings. The van der Waals surface area contributed by atoms with Crippen LogP contribution in [0.2, 0.25) is 0 Å². The summed E-state index contributed by atoms with van der Waals surface area (Å²) < 4.78 is 20.0. The van der Waals surface area contributed by atoms with E-state index in [1.165, 1.54) is 17.2 Å². The zero-order valence-corrected chi connectivity index (χ0v) is 19.6. The van der Waals surface area contributed by atoms with Gasteiger partial charge in [-0.15, -0.1) is 0 Å². The zero-order chi connectivity index (χ0) is 23.2. The Morgan fingerprint density at radius 3 is 2.39 bits per heavy atom. The van der Waals surface area contributed by atoms with Crippen LogP contribution in [0.25, 0.3) is 10.9 Å². The number of pyridine rings is 1. The maximum atomic E-state index is 14.2. The average molecular weight is 443 g/mol. The molecule has 0 saturated carbocycles. The number of para-hydroxylation sites is 1. The van der Waals surface area contributed by atoms with E-state index in [2.05, 4.69) is 55.4 Å². The van der Waals surface area contributed by atoms with E-state index in [1.807, 2.05) is 30.3 Å². The number of nitrogens with zero attached hydrogens (tertiary/aromatic N) is 2. The molecular formula is C29H31FN2O. The highest BCUT2D eigenvalue weighted by Gasteiger charge is 2.21. The van der Waals surface area contributed by atoms with Crippen LogP contribution in [0, 0.1) is 5.82 Å². The number of hydrogen-bond donors (Lipinski definition) is 0. The molecule has 3 aromatic carbocycles. The largest absolute Gasteiger partial charge is 0.481 e. The maximum Gasteiger partial charge on any atom is 0.217 e. The van der Waals surface area contributed by atoms with Gasteiger partial charge in [-0.3, -0.25) is 0 Å². The van der Waals surface area contributed by atoms with Crippen molar-refractivity contribution >= 4 is 10.9 Å². The predicted octanol–water partition coefficient (Wildman–Crippen LogP) is 6.25. The Hall–Kier alpha value is -3.24. The molecule has 0 aliphatic carbocycles. The smallest absolute Gasteiger partial charge is 0.217 e. The summed E-state index contributed by atoms with van der Waals surface area (Å²) in [6, 6.07) is 25.7. The Balaban J connectivity index is 1.84. The molecule has 4 heteroatoms. The van der Waals surface area contributed by atoms with Gasteiger partial charge in [0, 0.05) is 17.4 Å². The third-order valence-electron chi connectivity index (χ3n) is 6.19. The Bertz CT molecular complexity index is 1210. The van der Waals surface area contributed by atoms with Crippen LogP contribution in [0.1, 0.15) is 34.6 Å². The van der Waals surface area contributed by atoms with Crippen LogP contribution >= 0.6 is 0 Å². The van der Waals surface area contributed by atoms with E-state index in [1.54, 1.807) is 13.2 Å². The van der Waals surface area contributed by atoms with Crippen LogP contribution in [-0.2, 0) is 12.8 Å². The molecule has 0 N–H and O–H groups in total. The van der Waals surface area contributed by atoms with Crippen LogP contribution < -0.4 is 4.74 Å². The number of fused-ring (bicyclic) bond motifs is 1. The number of halogens is 1. The minimum atomic E-state index is -0.191. The number of rotatable bonds is 9. The zero-order valence-electron chi connectivity index (χ0n) is 19.6. The fourth-order valence-corrected chi connectivity index (χ4v) is 4.49. The molecule has 33 heavy (non-hydrogen) atoms. The Morgan fingerprint density at radius 2 is 1.67 bits per heavy atom. The van der Waals surface area contributed by atoms with E-state index < -0.39 is 0 Å². The summed E-state index contributed by atoms with van der Waals surface area (Å²) in [7, 11) is 5.84. The van der Waals surface area contributed by atoms with Crippen molar-refractivity contribution in [1.82, 2.24) is 9.88 Å². The van der Waals surface area contributed by atoms with E-state index in [4.69, 9.17) is 9.72 Å². The van der Waals surface area contributed by atoms with E-state index in [0.29, 0.717) is 5.88 Å². The lowest BCUT2D eigenvalue weighted by Crippen LogP contribution is -2.18. The fourth-order valence-electron chi connectivity index (χ4n) is 4.49. The van der Waals surface area contributed by atoms with Gasteiger partial charge in [-0.25, -0.2) is 9.37 Å². The second-order valence-corrected chi connectivity index (χ2v) is 8.81. The number of ether oxygens (including phenoxy) is 1. The highest BCUT2D eigenvalue weighted by atomic mass is 19.1. The highest BCUT2D eigenvalue weighted by molar-refractivity contribution is 5.84. The molecule has 0 amide bonds. The topological polar surface area (TPSA) is 25.4 Å². The monoisotopic (exact) mass is 442 g/mol. The molecule has 170 valence electrons.